The van der Waals surface area contributed by atoms with Crippen molar-refractivity contribution in [1.82, 2.24) is 24.1 Å². The number of aromatic nitrogens is 5. The fraction of sp³-hybridized carbons (Fsp3) is 0.231. The van der Waals surface area contributed by atoms with Gasteiger partial charge in [-0.3, -0.25) is 18.8 Å². The van der Waals surface area contributed by atoms with Crippen molar-refractivity contribution in [2.75, 3.05) is 10.6 Å². The molecule has 0 bridgehead atoms. The van der Waals surface area contributed by atoms with E-state index < -0.39 is 11.9 Å². The maximum absolute atomic E-state index is 13.9. The lowest BCUT2D eigenvalue weighted by Crippen LogP contribution is -2.30. The van der Waals surface area contributed by atoms with Gasteiger partial charge in [-0.15, -0.1) is 0 Å². The summed E-state index contributed by atoms with van der Waals surface area (Å²) in [5, 5.41) is 4.93. The second kappa shape index (κ2) is 8.55. The molecule has 1 aliphatic rings. The molecule has 1 unspecified atom stereocenters. The van der Waals surface area contributed by atoms with Gasteiger partial charge in [-0.05, 0) is 42.8 Å². The summed E-state index contributed by atoms with van der Waals surface area (Å²) in [5.41, 5.74) is 8.92. The average molecular weight is 522 g/mol. The Morgan fingerprint density at radius 3 is 2.76 bits per heavy atom. The summed E-state index contributed by atoms with van der Waals surface area (Å²) >= 11 is 0. The lowest BCUT2D eigenvalue weighted by atomic mass is 10.00. The van der Waals surface area contributed by atoms with Crippen LogP contribution in [0.15, 0.2) is 55.0 Å². The number of alkyl halides is 3. The first-order chi connectivity index (χ1) is 18.1. The predicted molar refractivity (Wildman–Crippen MR) is 133 cm³/mol. The standard InChI is InChI=1S/C26H22F3N7O2/c1-14-23-19(13-38-14)18-8-15(6-7-20(18)33-24(23)30)25(37)35(17-9-31-34(2)12-17)10-16-11-36-21(26(27,28)29)4-3-5-22(36)32-16/h3-9,11-12,14H,10,13H2,1-2H3,(H2,30,33). The molecule has 9 nitrogen and oxygen atoms in total. The molecule has 1 atom stereocenters. The fourth-order valence-electron chi connectivity index (χ4n) is 4.91. The Kier molecular flexibility index (Phi) is 5.38. The summed E-state index contributed by atoms with van der Waals surface area (Å²) in [5.74, 6) is 0.0316. The SMILES string of the molecule is CC1OCc2c1c(N)nc1ccc(C(=O)N(Cc3cn4c(C(F)(F)F)cccc4n3)c3cnn(C)c3)cc21. The lowest BCUT2D eigenvalue weighted by molar-refractivity contribution is -0.142. The van der Waals surface area contributed by atoms with E-state index in [0.717, 1.165) is 27.0 Å². The molecule has 2 N–H and O–H groups in total. The molecule has 1 amide bonds. The maximum Gasteiger partial charge on any atom is 0.431 e. The number of fused-ring (bicyclic) bond motifs is 4. The summed E-state index contributed by atoms with van der Waals surface area (Å²) in [6, 6.07) is 8.90. The zero-order valence-corrected chi connectivity index (χ0v) is 20.4. The number of ether oxygens (including phenoxy) is 1. The van der Waals surface area contributed by atoms with Crippen LogP contribution in [-0.4, -0.2) is 30.1 Å². The fourth-order valence-corrected chi connectivity index (χ4v) is 4.91. The molecule has 0 spiro atoms. The Balaban J connectivity index is 1.42. The van der Waals surface area contributed by atoms with Gasteiger partial charge in [-0.1, -0.05) is 6.07 Å². The number of benzene rings is 1. The number of nitrogen functional groups attached to an aromatic ring is 1. The van der Waals surface area contributed by atoms with E-state index in [2.05, 4.69) is 15.1 Å². The Bertz CT molecular complexity index is 1720. The first-order valence-corrected chi connectivity index (χ1v) is 11.8. The van der Waals surface area contributed by atoms with Gasteiger partial charge >= 0.3 is 6.18 Å². The Morgan fingerprint density at radius 2 is 2.03 bits per heavy atom. The number of pyridine rings is 2. The quantitative estimate of drug-likeness (QED) is 0.369. The predicted octanol–water partition coefficient (Wildman–Crippen LogP) is 4.66. The number of rotatable bonds is 4. The van der Waals surface area contributed by atoms with Gasteiger partial charge in [-0.2, -0.15) is 18.3 Å². The van der Waals surface area contributed by atoms with Crippen LogP contribution in [0.4, 0.5) is 24.7 Å². The summed E-state index contributed by atoms with van der Waals surface area (Å²) in [4.78, 5) is 24.1. The lowest BCUT2D eigenvalue weighted by Gasteiger charge is -2.20. The van der Waals surface area contributed by atoms with Crippen molar-refractivity contribution < 1.29 is 22.7 Å². The van der Waals surface area contributed by atoms with Gasteiger partial charge in [-0.25, -0.2) is 9.97 Å². The van der Waals surface area contributed by atoms with Gasteiger partial charge in [0.25, 0.3) is 5.91 Å². The largest absolute Gasteiger partial charge is 0.431 e. The van der Waals surface area contributed by atoms with Crippen molar-refractivity contribution in [3.05, 3.63) is 83.1 Å². The minimum atomic E-state index is -4.56. The molecule has 0 fully saturated rings. The Morgan fingerprint density at radius 1 is 1.21 bits per heavy atom. The molecule has 1 aliphatic heterocycles. The van der Waals surface area contributed by atoms with Crippen LogP contribution in [0.5, 0.6) is 0 Å². The number of imidazole rings is 1. The Labute approximate surface area is 214 Å². The number of aryl methyl sites for hydroxylation is 1. The maximum atomic E-state index is 13.9. The number of hydrogen-bond donors (Lipinski definition) is 1. The molecule has 0 saturated carbocycles. The van der Waals surface area contributed by atoms with Crippen LogP contribution in [0.1, 0.15) is 45.9 Å². The van der Waals surface area contributed by atoms with Crippen molar-refractivity contribution in [2.24, 2.45) is 7.05 Å². The first kappa shape index (κ1) is 23.9. The molecule has 0 radical (unpaired) electrons. The monoisotopic (exact) mass is 521 g/mol. The number of anilines is 2. The van der Waals surface area contributed by atoms with Gasteiger partial charge in [0.05, 0.1) is 42.4 Å². The average Bonchev–Trinajstić information content (AvgIpc) is 3.59. The molecule has 5 aromatic rings. The molecule has 4 aromatic heterocycles. The first-order valence-electron chi connectivity index (χ1n) is 11.8. The highest BCUT2D eigenvalue weighted by Gasteiger charge is 2.34. The molecule has 5 heterocycles. The van der Waals surface area contributed by atoms with Gasteiger partial charge in [0.1, 0.15) is 17.2 Å². The smallest absolute Gasteiger partial charge is 0.383 e. The van der Waals surface area contributed by atoms with Crippen LogP contribution >= 0.6 is 0 Å². The highest BCUT2D eigenvalue weighted by Crippen LogP contribution is 2.38. The third-order valence-electron chi connectivity index (χ3n) is 6.70. The molecular weight excluding hydrogens is 499 g/mol. The molecule has 0 saturated heterocycles. The highest BCUT2D eigenvalue weighted by atomic mass is 19.4. The van der Waals surface area contributed by atoms with Crippen LogP contribution < -0.4 is 10.6 Å². The molecule has 12 heteroatoms. The number of halogens is 3. The van der Waals surface area contributed by atoms with Crippen LogP contribution in [0.2, 0.25) is 0 Å². The van der Waals surface area contributed by atoms with Gasteiger partial charge < -0.3 is 10.5 Å². The van der Waals surface area contributed by atoms with Crippen molar-refractivity contribution in [3.8, 4) is 0 Å². The summed E-state index contributed by atoms with van der Waals surface area (Å²) in [7, 11) is 1.71. The van der Waals surface area contributed by atoms with Crippen LogP contribution in [0.3, 0.4) is 0 Å². The van der Waals surface area contributed by atoms with Crippen LogP contribution in [0.25, 0.3) is 16.6 Å². The second-order valence-corrected chi connectivity index (χ2v) is 9.21. The molecular formula is C26H22F3N7O2. The van der Waals surface area contributed by atoms with E-state index in [9.17, 15) is 18.0 Å². The van der Waals surface area contributed by atoms with Crippen LogP contribution in [0, 0.1) is 0 Å². The van der Waals surface area contributed by atoms with Crippen molar-refractivity contribution in [1.29, 1.82) is 0 Å². The van der Waals surface area contributed by atoms with Crippen molar-refractivity contribution in [2.45, 2.75) is 32.4 Å². The van der Waals surface area contributed by atoms with E-state index in [1.165, 1.54) is 29.4 Å². The van der Waals surface area contributed by atoms with E-state index in [1.54, 1.807) is 36.1 Å². The molecule has 6 rings (SSSR count). The van der Waals surface area contributed by atoms with Crippen molar-refractivity contribution in [3.63, 3.8) is 0 Å². The minimum Gasteiger partial charge on any atom is -0.383 e. The summed E-state index contributed by atoms with van der Waals surface area (Å²) < 4.78 is 48.9. The minimum absolute atomic E-state index is 0.0697. The van der Waals surface area contributed by atoms with Crippen LogP contribution in [-0.2, 0) is 31.1 Å². The zero-order chi connectivity index (χ0) is 26.8. The molecule has 38 heavy (non-hydrogen) atoms. The summed E-state index contributed by atoms with van der Waals surface area (Å²) in [6.45, 7) is 2.18. The third kappa shape index (κ3) is 3.93. The van der Waals surface area contributed by atoms with Gasteiger partial charge in [0.15, 0.2) is 0 Å². The topological polar surface area (TPSA) is 104 Å². The zero-order valence-electron chi connectivity index (χ0n) is 20.4. The molecule has 1 aromatic carbocycles. The van der Waals surface area contributed by atoms with Gasteiger partial charge in [0.2, 0.25) is 0 Å². The summed E-state index contributed by atoms with van der Waals surface area (Å²) in [6.07, 6.45) is -0.283. The van der Waals surface area contributed by atoms with Gasteiger partial charge in [0, 0.05) is 36.0 Å². The molecule has 0 aliphatic carbocycles. The normalized spacial score (nSPS) is 15.3. The number of hydrogen-bond acceptors (Lipinski definition) is 6. The number of amides is 1. The number of nitrogens with two attached hydrogens (primary N) is 1. The second-order valence-electron chi connectivity index (χ2n) is 9.21. The van der Waals surface area contributed by atoms with Crippen molar-refractivity contribution >= 4 is 34.0 Å². The number of carbonyl (C=O) groups excluding carboxylic acids is 1. The third-order valence-corrected chi connectivity index (χ3v) is 6.70. The molecule has 194 valence electrons. The van der Waals surface area contributed by atoms with E-state index in [4.69, 9.17) is 10.5 Å². The highest BCUT2D eigenvalue weighted by molar-refractivity contribution is 6.08. The van der Waals surface area contributed by atoms with E-state index in [1.807, 2.05) is 6.92 Å². The number of carbonyl (C=O) groups is 1. The number of nitrogens with zero attached hydrogens (tertiary/aromatic N) is 6. The van der Waals surface area contributed by atoms with E-state index in [-0.39, 0.29) is 29.9 Å². The Hall–Kier alpha value is -4.45. The van der Waals surface area contributed by atoms with E-state index >= 15 is 0 Å². The van der Waals surface area contributed by atoms with E-state index in [0.29, 0.717) is 29.2 Å².